The number of nitrogens with one attached hydrogen (secondary N) is 1. The van der Waals surface area contributed by atoms with Crippen molar-refractivity contribution >= 4 is 26.8 Å². The van der Waals surface area contributed by atoms with E-state index < -0.39 is 9.84 Å². The van der Waals surface area contributed by atoms with Crippen LogP contribution in [-0.2, 0) is 9.84 Å². The second kappa shape index (κ2) is 9.60. The molecule has 3 heterocycles. The Balaban J connectivity index is 1.61. The Morgan fingerprint density at radius 1 is 1.09 bits per heavy atom. The summed E-state index contributed by atoms with van der Waals surface area (Å²) in [6.45, 7) is 1.86. The molecule has 1 N–H and O–H groups in total. The summed E-state index contributed by atoms with van der Waals surface area (Å²) < 4.78 is 31.4. The fourth-order valence-electron chi connectivity index (χ4n) is 5.31. The number of aryl methyl sites for hydroxylation is 1. The zero-order valence-corrected chi connectivity index (χ0v) is 21.1. The molecule has 1 atom stereocenters. The first-order valence-electron chi connectivity index (χ1n) is 12.4. The Kier molecular flexibility index (Phi) is 6.53. The molecule has 1 aliphatic carbocycles. The van der Waals surface area contributed by atoms with Gasteiger partial charge in [-0.2, -0.15) is 5.10 Å². The van der Waals surface area contributed by atoms with Crippen LogP contribution in [0.5, 0.6) is 5.75 Å². The second-order valence-corrected chi connectivity index (χ2v) is 12.0. The van der Waals surface area contributed by atoms with E-state index >= 15 is 0 Å². The van der Waals surface area contributed by atoms with Gasteiger partial charge in [0.25, 0.3) is 5.91 Å². The van der Waals surface area contributed by atoms with Crippen molar-refractivity contribution in [2.75, 3.05) is 18.6 Å². The van der Waals surface area contributed by atoms with Gasteiger partial charge in [-0.3, -0.25) is 4.79 Å². The molecule has 0 bridgehead atoms. The lowest BCUT2D eigenvalue weighted by Gasteiger charge is -2.17. The van der Waals surface area contributed by atoms with Crippen molar-refractivity contribution in [2.24, 2.45) is 0 Å². The smallest absolute Gasteiger partial charge is 0.252 e. The van der Waals surface area contributed by atoms with Gasteiger partial charge in [0, 0.05) is 11.6 Å². The highest BCUT2D eigenvalue weighted by molar-refractivity contribution is 7.91. The van der Waals surface area contributed by atoms with E-state index in [9.17, 15) is 13.2 Å². The molecule has 1 aliphatic heterocycles. The number of pyridine rings is 1. The van der Waals surface area contributed by atoms with Crippen molar-refractivity contribution < 1.29 is 17.9 Å². The van der Waals surface area contributed by atoms with E-state index in [1.807, 2.05) is 37.3 Å². The summed E-state index contributed by atoms with van der Waals surface area (Å²) in [5.41, 5.74) is 3.27. The van der Waals surface area contributed by atoms with E-state index in [4.69, 9.17) is 14.8 Å². The molecule has 0 spiro atoms. The Bertz CT molecular complexity index is 1340. The van der Waals surface area contributed by atoms with Gasteiger partial charge in [0.1, 0.15) is 5.75 Å². The van der Waals surface area contributed by atoms with Crippen LogP contribution >= 0.6 is 0 Å². The normalized spacial score (nSPS) is 20.6. The fourth-order valence-corrected chi connectivity index (χ4v) is 7.00. The van der Waals surface area contributed by atoms with Gasteiger partial charge in [-0.15, -0.1) is 0 Å². The van der Waals surface area contributed by atoms with Gasteiger partial charge < -0.3 is 10.1 Å². The number of carbonyl (C=O) groups excluding carboxylic acids is 1. The lowest BCUT2D eigenvalue weighted by atomic mass is 10.0. The van der Waals surface area contributed by atoms with Crippen LogP contribution in [0.25, 0.3) is 22.3 Å². The van der Waals surface area contributed by atoms with Gasteiger partial charge in [0.2, 0.25) is 0 Å². The van der Waals surface area contributed by atoms with E-state index in [0.29, 0.717) is 34.4 Å². The molecule has 1 saturated carbocycles. The van der Waals surface area contributed by atoms with Crippen LogP contribution in [-0.4, -0.2) is 53.7 Å². The minimum atomic E-state index is -3.10. The largest absolute Gasteiger partial charge is 0.497 e. The Labute approximate surface area is 206 Å². The van der Waals surface area contributed by atoms with Crippen LogP contribution in [0, 0.1) is 6.92 Å². The molecule has 2 aliphatic rings. The SMILES string of the molecule is COc1ccc(-c2cc(C(=O)NC3CCCCCC3)c3c(C)nn(C4CCS(=O)(=O)C4)c3n2)cc1. The number of aromatic nitrogens is 3. The zero-order valence-electron chi connectivity index (χ0n) is 20.3. The monoisotopic (exact) mass is 496 g/mol. The maximum absolute atomic E-state index is 13.6. The molecule has 2 fully saturated rings. The molecular formula is C26H32N4O4S. The molecular weight excluding hydrogens is 464 g/mol. The summed E-state index contributed by atoms with van der Waals surface area (Å²) in [5, 5.41) is 8.65. The highest BCUT2D eigenvalue weighted by Gasteiger charge is 2.32. The molecule has 0 radical (unpaired) electrons. The summed E-state index contributed by atoms with van der Waals surface area (Å²) in [4.78, 5) is 18.5. The van der Waals surface area contributed by atoms with Crippen molar-refractivity contribution in [3.8, 4) is 17.0 Å². The minimum Gasteiger partial charge on any atom is -0.497 e. The van der Waals surface area contributed by atoms with Crippen molar-refractivity contribution in [1.29, 1.82) is 0 Å². The second-order valence-electron chi connectivity index (χ2n) is 9.73. The number of sulfone groups is 1. The number of nitrogens with zero attached hydrogens (tertiary/aromatic N) is 3. The van der Waals surface area contributed by atoms with Gasteiger partial charge >= 0.3 is 0 Å². The molecule has 1 saturated heterocycles. The number of hydrogen-bond donors (Lipinski definition) is 1. The molecule has 8 nitrogen and oxygen atoms in total. The van der Waals surface area contributed by atoms with Gasteiger partial charge in [0.05, 0.1) is 47.0 Å². The maximum Gasteiger partial charge on any atom is 0.252 e. The summed E-state index contributed by atoms with van der Waals surface area (Å²) in [7, 11) is -1.49. The van der Waals surface area contributed by atoms with Gasteiger partial charge in [-0.25, -0.2) is 18.1 Å². The van der Waals surface area contributed by atoms with Crippen LogP contribution in [0.4, 0.5) is 0 Å². The Morgan fingerprint density at radius 2 is 1.80 bits per heavy atom. The summed E-state index contributed by atoms with van der Waals surface area (Å²) in [6, 6.07) is 9.25. The summed E-state index contributed by atoms with van der Waals surface area (Å²) in [5.74, 6) is 0.797. The third-order valence-electron chi connectivity index (χ3n) is 7.21. The number of carbonyl (C=O) groups is 1. The first kappa shape index (κ1) is 23.8. The summed E-state index contributed by atoms with van der Waals surface area (Å²) in [6.07, 6.45) is 7.15. The molecule has 3 aromatic rings. The highest BCUT2D eigenvalue weighted by Crippen LogP contribution is 2.32. The number of rotatable bonds is 5. The van der Waals surface area contributed by atoms with Crippen molar-refractivity contribution in [2.45, 2.75) is 64.0 Å². The maximum atomic E-state index is 13.6. The van der Waals surface area contributed by atoms with Crippen LogP contribution in [0.15, 0.2) is 30.3 Å². The number of ether oxygens (including phenoxy) is 1. The predicted molar refractivity (Wildman–Crippen MR) is 136 cm³/mol. The van der Waals surface area contributed by atoms with Crippen molar-refractivity contribution in [1.82, 2.24) is 20.1 Å². The van der Waals surface area contributed by atoms with Crippen LogP contribution in [0.1, 0.15) is 67.0 Å². The number of amides is 1. The van der Waals surface area contributed by atoms with Gasteiger partial charge in [0.15, 0.2) is 15.5 Å². The molecule has 2 aromatic heterocycles. The van der Waals surface area contributed by atoms with Crippen LogP contribution in [0.2, 0.25) is 0 Å². The van der Waals surface area contributed by atoms with Crippen LogP contribution in [0.3, 0.4) is 0 Å². The average Bonchev–Trinajstić information content (AvgIpc) is 3.26. The van der Waals surface area contributed by atoms with Crippen LogP contribution < -0.4 is 10.1 Å². The van der Waals surface area contributed by atoms with E-state index in [1.165, 1.54) is 12.8 Å². The molecule has 9 heteroatoms. The quantitative estimate of drug-likeness (QED) is 0.531. The van der Waals surface area contributed by atoms with E-state index in [-0.39, 0.29) is 29.5 Å². The molecule has 1 amide bonds. The van der Waals surface area contributed by atoms with E-state index in [2.05, 4.69) is 5.32 Å². The molecule has 1 aromatic carbocycles. The number of hydrogen-bond acceptors (Lipinski definition) is 6. The summed E-state index contributed by atoms with van der Waals surface area (Å²) >= 11 is 0. The fraction of sp³-hybridized carbons (Fsp3) is 0.500. The first-order valence-corrected chi connectivity index (χ1v) is 14.2. The molecule has 5 rings (SSSR count). The lowest BCUT2D eigenvalue weighted by molar-refractivity contribution is 0.0935. The molecule has 1 unspecified atom stereocenters. The van der Waals surface area contributed by atoms with Crippen molar-refractivity contribution in [3.63, 3.8) is 0 Å². The lowest BCUT2D eigenvalue weighted by Crippen LogP contribution is -2.34. The highest BCUT2D eigenvalue weighted by atomic mass is 32.2. The third kappa shape index (κ3) is 4.91. The van der Waals surface area contributed by atoms with E-state index in [1.54, 1.807) is 11.8 Å². The average molecular weight is 497 g/mol. The standard InChI is InChI=1S/C26H32N4O4S/c1-17-24-22(26(31)27-19-7-5-3-4-6-8-19)15-23(18-9-11-21(34-2)12-10-18)28-25(24)30(29-17)20-13-14-35(32,33)16-20/h9-12,15,19-20H,3-8,13-14,16H2,1-2H3,(H,27,31). The molecule has 35 heavy (non-hydrogen) atoms. The number of methoxy groups -OCH3 is 1. The Morgan fingerprint density at radius 3 is 2.43 bits per heavy atom. The zero-order chi connectivity index (χ0) is 24.6. The number of fused-ring (bicyclic) bond motifs is 1. The predicted octanol–water partition coefficient (Wildman–Crippen LogP) is 4.23. The minimum absolute atomic E-state index is 0.0429. The van der Waals surface area contributed by atoms with Crippen molar-refractivity contribution in [3.05, 3.63) is 41.6 Å². The topological polar surface area (TPSA) is 103 Å². The van der Waals surface area contributed by atoms with Gasteiger partial charge in [-0.1, -0.05) is 25.7 Å². The van der Waals surface area contributed by atoms with Gasteiger partial charge in [-0.05, 0) is 56.5 Å². The third-order valence-corrected chi connectivity index (χ3v) is 8.96. The Hall–Kier alpha value is -2.94. The molecule has 186 valence electrons. The first-order chi connectivity index (χ1) is 16.8. The van der Waals surface area contributed by atoms with E-state index in [0.717, 1.165) is 37.0 Å². The number of benzene rings is 1.